The van der Waals surface area contributed by atoms with Gasteiger partial charge in [0.05, 0.1) is 5.41 Å². The van der Waals surface area contributed by atoms with Gasteiger partial charge in [-0.1, -0.05) is 19.9 Å². The van der Waals surface area contributed by atoms with Crippen molar-refractivity contribution in [2.24, 2.45) is 11.3 Å². The number of nitrogens with zero attached hydrogens (tertiary/aromatic N) is 3. The molecule has 34 heavy (non-hydrogen) atoms. The Morgan fingerprint density at radius 1 is 1.15 bits per heavy atom. The lowest BCUT2D eigenvalue weighted by atomic mass is 9.74. The van der Waals surface area contributed by atoms with Gasteiger partial charge in [-0.3, -0.25) is 4.79 Å². The third-order valence-corrected chi connectivity index (χ3v) is 6.72. The van der Waals surface area contributed by atoms with Crippen molar-refractivity contribution >= 4 is 17.8 Å². The minimum atomic E-state index is -4.50. The van der Waals surface area contributed by atoms with E-state index in [1.54, 1.807) is 36.6 Å². The van der Waals surface area contributed by atoms with Crippen LogP contribution in [0.3, 0.4) is 0 Å². The van der Waals surface area contributed by atoms with E-state index in [4.69, 9.17) is 4.74 Å². The van der Waals surface area contributed by atoms with Crippen LogP contribution in [0.15, 0.2) is 18.2 Å². The van der Waals surface area contributed by atoms with Crippen LogP contribution < -0.4 is 10.2 Å². The molecule has 0 spiro atoms. The minimum absolute atomic E-state index is 0.0487. The molecule has 2 fully saturated rings. The lowest BCUT2D eigenvalue weighted by molar-refractivity contribution is -0.145. The summed E-state index contributed by atoms with van der Waals surface area (Å²) in [5.41, 5.74) is -2.10. The van der Waals surface area contributed by atoms with Gasteiger partial charge >= 0.3 is 12.3 Å². The van der Waals surface area contributed by atoms with E-state index in [0.29, 0.717) is 45.4 Å². The summed E-state index contributed by atoms with van der Waals surface area (Å²) in [7, 11) is 0. The zero-order valence-electron chi connectivity index (χ0n) is 20.5. The van der Waals surface area contributed by atoms with E-state index in [-0.39, 0.29) is 23.7 Å². The monoisotopic (exact) mass is 484 g/mol. The van der Waals surface area contributed by atoms with Crippen LogP contribution in [0.25, 0.3) is 0 Å². The number of amides is 2. The van der Waals surface area contributed by atoms with Crippen LogP contribution in [0, 0.1) is 11.3 Å². The fourth-order valence-corrected chi connectivity index (χ4v) is 4.85. The Balaban J connectivity index is 1.63. The van der Waals surface area contributed by atoms with Crippen molar-refractivity contribution in [1.82, 2.24) is 15.2 Å². The number of hydrogen-bond donors (Lipinski definition) is 1. The number of aromatic nitrogens is 1. The highest BCUT2D eigenvalue weighted by Gasteiger charge is 2.50. The second kappa shape index (κ2) is 9.62. The number of carbonyl (C=O) groups excluding carboxylic acids is 2. The highest BCUT2D eigenvalue weighted by atomic mass is 19.4. The number of alkyl carbamates (subject to hydrolysis) is 1. The first kappa shape index (κ1) is 26.1. The third kappa shape index (κ3) is 5.93. The molecule has 0 unspecified atom stereocenters. The van der Waals surface area contributed by atoms with Crippen LogP contribution in [0.4, 0.5) is 23.8 Å². The molecule has 2 aliphatic rings. The van der Waals surface area contributed by atoms with Gasteiger partial charge in [0.15, 0.2) is 0 Å². The number of alkyl halides is 3. The van der Waals surface area contributed by atoms with Gasteiger partial charge in [-0.05, 0) is 58.1 Å². The Bertz CT molecular complexity index is 892. The molecule has 0 bridgehead atoms. The van der Waals surface area contributed by atoms with Crippen molar-refractivity contribution in [2.45, 2.75) is 71.7 Å². The van der Waals surface area contributed by atoms with Gasteiger partial charge in [-0.2, -0.15) is 13.2 Å². The van der Waals surface area contributed by atoms with E-state index >= 15 is 0 Å². The number of anilines is 1. The van der Waals surface area contributed by atoms with Crippen LogP contribution in [0.2, 0.25) is 0 Å². The molecule has 7 nitrogen and oxygen atoms in total. The SMILES string of the molecule is CC(C)[C@]1(C(=O)N2CCN(c3cccc(C(F)(F)F)n3)CC2)CC[C@@H](NC(=O)OC(C)(C)C)C1. The maximum absolute atomic E-state index is 13.7. The quantitative estimate of drug-likeness (QED) is 0.683. The van der Waals surface area contributed by atoms with Crippen molar-refractivity contribution in [1.29, 1.82) is 0 Å². The first-order valence-corrected chi connectivity index (χ1v) is 11.8. The van der Waals surface area contributed by atoms with Gasteiger partial charge in [-0.15, -0.1) is 0 Å². The first-order valence-electron chi connectivity index (χ1n) is 11.8. The smallest absolute Gasteiger partial charge is 0.433 e. The molecular formula is C24H35F3N4O3. The van der Waals surface area contributed by atoms with Gasteiger partial charge in [0.25, 0.3) is 0 Å². The molecule has 1 aliphatic carbocycles. The Kier molecular flexibility index (Phi) is 7.38. The van der Waals surface area contributed by atoms with Crippen LogP contribution in [0.5, 0.6) is 0 Å². The molecule has 1 aromatic heterocycles. The number of hydrogen-bond acceptors (Lipinski definition) is 5. The van der Waals surface area contributed by atoms with Gasteiger partial charge < -0.3 is 19.9 Å². The molecule has 0 radical (unpaired) electrons. The Morgan fingerprint density at radius 3 is 2.35 bits per heavy atom. The second-order valence-electron chi connectivity index (χ2n) is 10.6. The topological polar surface area (TPSA) is 74.8 Å². The molecule has 1 saturated carbocycles. The van der Waals surface area contributed by atoms with E-state index in [1.165, 1.54) is 6.07 Å². The Morgan fingerprint density at radius 2 is 1.79 bits per heavy atom. The predicted molar refractivity (Wildman–Crippen MR) is 122 cm³/mol. The summed E-state index contributed by atoms with van der Waals surface area (Å²) in [5, 5.41) is 2.91. The van der Waals surface area contributed by atoms with Crippen molar-refractivity contribution in [2.75, 3.05) is 31.1 Å². The predicted octanol–water partition coefficient (Wildman–Crippen LogP) is 4.47. The van der Waals surface area contributed by atoms with Gasteiger partial charge in [0.2, 0.25) is 5.91 Å². The summed E-state index contributed by atoms with van der Waals surface area (Å²) < 4.78 is 44.4. The number of rotatable bonds is 4. The molecule has 3 rings (SSSR count). The maximum Gasteiger partial charge on any atom is 0.433 e. The number of nitrogens with one attached hydrogen (secondary N) is 1. The molecule has 10 heteroatoms. The third-order valence-electron chi connectivity index (χ3n) is 6.72. The lowest BCUT2D eigenvalue weighted by Gasteiger charge is -2.42. The van der Waals surface area contributed by atoms with E-state index in [9.17, 15) is 22.8 Å². The van der Waals surface area contributed by atoms with E-state index < -0.39 is 29.0 Å². The average molecular weight is 485 g/mol. The fraction of sp³-hybridized carbons (Fsp3) is 0.708. The lowest BCUT2D eigenvalue weighted by Crippen LogP contribution is -2.54. The van der Waals surface area contributed by atoms with Crippen molar-refractivity contribution < 1.29 is 27.5 Å². The molecule has 2 amide bonds. The molecule has 190 valence electrons. The summed E-state index contributed by atoms with van der Waals surface area (Å²) in [6, 6.07) is 3.73. The summed E-state index contributed by atoms with van der Waals surface area (Å²) in [6.07, 6.45) is -3.08. The van der Waals surface area contributed by atoms with E-state index in [1.807, 2.05) is 13.8 Å². The van der Waals surface area contributed by atoms with Gasteiger partial charge in [0.1, 0.15) is 17.1 Å². The zero-order valence-corrected chi connectivity index (χ0v) is 20.5. The highest BCUT2D eigenvalue weighted by molar-refractivity contribution is 5.84. The van der Waals surface area contributed by atoms with Crippen LogP contribution in [-0.2, 0) is 15.7 Å². The van der Waals surface area contributed by atoms with Crippen molar-refractivity contribution in [3.8, 4) is 0 Å². The molecule has 2 heterocycles. The standard InChI is InChI=1S/C24H35F3N4O3/c1-16(2)23(10-9-17(15-23)28-21(33)34-22(3,4)5)20(32)31-13-11-30(12-14-31)19-8-6-7-18(29-19)24(25,26)27/h6-8,16-17H,9-15H2,1-5H3,(H,28,33)/t17-,23+/m1/s1. The fourth-order valence-electron chi connectivity index (χ4n) is 4.85. The number of halogens is 3. The first-order chi connectivity index (χ1) is 15.7. The zero-order chi connectivity index (χ0) is 25.3. The minimum Gasteiger partial charge on any atom is -0.444 e. The molecule has 1 aromatic rings. The van der Waals surface area contributed by atoms with Crippen LogP contribution in [-0.4, -0.2) is 59.7 Å². The molecular weight excluding hydrogens is 449 g/mol. The molecule has 1 N–H and O–H groups in total. The van der Waals surface area contributed by atoms with E-state index in [2.05, 4.69) is 10.3 Å². The van der Waals surface area contributed by atoms with Crippen molar-refractivity contribution in [3.05, 3.63) is 23.9 Å². The summed E-state index contributed by atoms with van der Waals surface area (Å²) >= 11 is 0. The van der Waals surface area contributed by atoms with Gasteiger partial charge in [0, 0.05) is 32.2 Å². The van der Waals surface area contributed by atoms with Crippen LogP contribution in [0.1, 0.15) is 59.6 Å². The highest BCUT2D eigenvalue weighted by Crippen LogP contribution is 2.46. The normalized spacial score (nSPS) is 23.9. The van der Waals surface area contributed by atoms with Crippen LogP contribution >= 0.6 is 0 Å². The molecule has 0 aromatic carbocycles. The van der Waals surface area contributed by atoms with Crippen molar-refractivity contribution in [3.63, 3.8) is 0 Å². The summed E-state index contributed by atoms with van der Waals surface area (Å²) in [4.78, 5) is 33.2. The summed E-state index contributed by atoms with van der Waals surface area (Å²) in [6.45, 7) is 11.1. The Hall–Kier alpha value is -2.52. The number of piperazine rings is 1. The Labute approximate surface area is 199 Å². The molecule has 2 atom stereocenters. The largest absolute Gasteiger partial charge is 0.444 e. The molecule has 1 aliphatic heterocycles. The number of pyridine rings is 1. The number of ether oxygens (including phenoxy) is 1. The molecule has 1 saturated heterocycles. The second-order valence-corrected chi connectivity index (χ2v) is 10.6. The van der Waals surface area contributed by atoms with E-state index in [0.717, 1.165) is 6.07 Å². The maximum atomic E-state index is 13.7. The summed E-state index contributed by atoms with van der Waals surface area (Å²) in [5.74, 6) is 0.393. The van der Waals surface area contributed by atoms with Gasteiger partial charge in [-0.25, -0.2) is 9.78 Å². The average Bonchev–Trinajstić information content (AvgIpc) is 3.16. The number of carbonyl (C=O) groups is 2.